The van der Waals surface area contributed by atoms with E-state index in [9.17, 15) is 14.4 Å². The molecule has 0 aromatic rings. The summed E-state index contributed by atoms with van der Waals surface area (Å²) in [6, 6.07) is -0.834. The SMILES string of the molecule is CCOC(=O)[C@@]12O[C@]3(CC[C@@H](C(=O)OC(C)(C)C)N3C1=O)CC2(OCC)OCC. The molecule has 3 saturated heterocycles. The lowest BCUT2D eigenvalue weighted by Gasteiger charge is -2.43. The maximum atomic E-state index is 13.7. The maximum absolute atomic E-state index is 13.7. The summed E-state index contributed by atoms with van der Waals surface area (Å²) in [5.74, 6) is -3.64. The first-order valence-corrected chi connectivity index (χ1v) is 10.2. The lowest BCUT2D eigenvalue weighted by atomic mass is 9.84. The van der Waals surface area contributed by atoms with E-state index in [-0.39, 0.29) is 26.2 Å². The summed E-state index contributed by atoms with van der Waals surface area (Å²) in [6.07, 6.45) is 0.852. The van der Waals surface area contributed by atoms with Gasteiger partial charge in [0.05, 0.1) is 13.0 Å². The molecule has 0 radical (unpaired) electrons. The van der Waals surface area contributed by atoms with E-state index in [1.54, 1.807) is 41.5 Å². The van der Waals surface area contributed by atoms with Gasteiger partial charge in [0.25, 0.3) is 5.91 Å². The van der Waals surface area contributed by atoms with Crippen LogP contribution in [0, 0.1) is 0 Å². The number of esters is 2. The number of carbonyl (C=O) groups excluding carboxylic acids is 3. The molecule has 164 valence electrons. The summed E-state index contributed by atoms with van der Waals surface area (Å²) in [7, 11) is 0. The Bertz CT molecular complexity index is 695. The highest BCUT2D eigenvalue weighted by Crippen LogP contribution is 2.62. The Morgan fingerprint density at radius 2 is 1.76 bits per heavy atom. The molecule has 0 N–H and O–H groups in total. The van der Waals surface area contributed by atoms with Crippen LogP contribution < -0.4 is 0 Å². The van der Waals surface area contributed by atoms with E-state index in [2.05, 4.69) is 0 Å². The fourth-order valence-electron chi connectivity index (χ4n) is 4.68. The fourth-order valence-corrected chi connectivity index (χ4v) is 4.68. The second kappa shape index (κ2) is 7.21. The molecule has 1 amide bonds. The Morgan fingerprint density at radius 3 is 2.28 bits per heavy atom. The normalized spacial score (nSPS) is 32.4. The molecule has 0 saturated carbocycles. The van der Waals surface area contributed by atoms with Crippen molar-refractivity contribution in [1.29, 1.82) is 0 Å². The van der Waals surface area contributed by atoms with E-state index < -0.39 is 46.6 Å². The Hall–Kier alpha value is -1.71. The maximum Gasteiger partial charge on any atom is 0.354 e. The molecule has 2 bridgehead atoms. The van der Waals surface area contributed by atoms with Gasteiger partial charge in [-0.25, -0.2) is 9.59 Å². The van der Waals surface area contributed by atoms with Crippen LogP contribution in [0.4, 0.5) is 0 Å². The number of ether oxygens (including phenoxy) is 5. The van der Waals surface area contributed by atoms with Gasteiger partial charge in [0.1, 0.15) is 11.6 Å². The van der Waals surface area contributed by atoms with Gasteiger partial charge in [-0.15, -0.1) is 0 Å². The predicted molar refractivity (Wildman–Crippen MR) is 99.5 cm³/mol. The van der Waals surface area contributed by atoms with Gasteiger partial charge in [-0.2, -0.15) is 0 Å². The Morgan fingerprint density at radius 1 is 1.14 bits per heavy atom. The quantitative estimate of drug-likeness (QED) is 0.352. The number of hydrogen-bond acceptors (Lipinski definition) is 8. The first kappa shape index (κ1) is 22.0. The second-order valence-electron chi connectivity index (χ2n) is 8.51. The highest BCUT2D eigenvalue weighted by molar-refractivity contribution is 6.11. The standard InChI is InChI=1S/C20H31NO8/c1-7-25-16(24)20-15(23)21-13(14(22)28-17(4,5)6)10-11-18(21,29-20)12-19(20,26-8-2)27-9-3/h13H,7-12H2,1-6H3/t13-,18+,20-/m0/s1. The van der Waals surface area contributed by atoms with Crippen LogP contribution in [0.2, 0.25) is 0 Å². The van der Waals surface area contributed by atoms with Gasteiger partial charge in [0.2, 0.25) is 5.79 Å². The van der Waals surface area contributed by atoms with Crippen LogP contribution in [0.3, 0.4) is 0 Å². The zero-order chi connectivity index (χ0) is 21.7. The van der Waals surface area contributed by atoms with Gasteiger partial charge < -0.3 is 23.7 Å². The summed E-state index contributed by atoms with van der Waals surface area (Å²) in [5.41, 5.74) is -3.97. The highest BCUT2D eigenvalue weighted by Gasteiger charge is 2.85. The van der Waals surface area contributed by atoms with Gasteiger partial charge in [-0.1, -0.05) is 0 Å². The third-order valence-electron chi connectivity index (χ3n) is 5.46. The molecule has 0 unspecified atom stereocenters. The van der Waals surface area contributed by atoms with Gasteiger partial charge in [-0.05, 0) is 54.4 Å². The fraction of sp³-hybridized carbons (Fsp3) is 0.850. The zero-order valence-corrected chi connectivity index (χ0v) is 18.0. The molecule has 29 heavy (non-hydrogen) atoms. The van der Waals surface area contributed by atoms with E-state index in [4.69, 9.17) is 23.7 Å². The van der Waals surface area contributed by atoms with Crippen LogP contribution in [0.5, 0.6) is 0 Å². The summed E-state index contributed by atoms with van der Waals surface area (Å²) in [5, 5.41) is 0. The molecule has 3 heterocycles. The van der Waals surface area contributed by atoms with Crippen LogP contribution in [-0.4, -0.2) is 71.3 Å². The van der Waals surface area contributed by atoms with Crippen LogP contribution in [-0.2, 0) is 38.1 Å². The van der Waals surface area contributed by atoms with Crippen molar-refractivity contribution in [1.82, 2.24) is 4.90 Å². The number of amides is 1. The van der Waals surface area contributed by atoms with Gasteiger partial charge >= 0.3 is 17.5 Å². The number of fused-ring (bicyclic) bond motifs is 1. The molecular formula is C20H31NO8. The van der Waals surface area contributed by atoms with Crippen LogP contribution in [0.25, 0.3) is 0 Å². The summed E-state index contributed by atoms with van der Waals surface area (Å²) >= 11 is 0. The monoisotopic (exact) mass is 413 g/mol. The minimum Gasteiger partial charge on any atom is -0.463 e. The summed E-state index contributed by atoms with van der Waals surface area (Å²) < 4.78 is 28.6. The Balaban J connectivity index is 2.04. The van der Waals surface area contributed by atoms with E-state index >= 15 is 0 Å². The molecule has 0 aromatic heterocycles. The third kappa shape index (κ3) is 3.05. The van der Waals surface area contributed by atoms with Crippen molar-refractivity contribution in [3.05, 3.63) is 0 Å². The molecule has 9 heteroatoms. The van der Waals surface area contributed by atoms with Crippen LogP contribution in [0.15, 0.2) is 0 Å². The molecule has 1 spiro atoms. The zero-order valence-electron chi connectivity index (χ0n) is 18.0. The van der Waals surface area contributed by atoms with Crippen molar-refractivity contribution in [2.24, 2.45) is 0 Å². The molecule has 0 aromatic carbocycles. The number of carbonyl (C=O) groups is 3. The van der Waals surface area contributed by atoms with Crippen molar-refractivity contribution in [3.63, 3.8) is 0 Å². The van der Waals surface area contributed by atoms with Crippen LogP contribution in [0.1, 0.15) is 60.8 Å². The van der Waals surface area contributed by atoms with Crippen molar-refractivity contribution in [2.45, 2.75) is 89.6 Å². The first-order valence-electron chi connectivity index (χ1n) is 10.2. The van der Waals surface area contributed by atoms with E-state index in [1.807, 2.05) is 0 Å². The van der Waals surface area contributed by atoms with Crippen molar-refractivity contribution >= 4 is 17.8 Å². The molecule has 0 aliphatic carbocycles. The Kier molecular flexibility index (Phi) is 5.47. The minimum atomic E-state index is -2.10. The summed E-state index contributed by atoms with van der Waals surface area (Å²) in [6.45, 7) is 10.9. The van der Waals surface area contributed by atoms with E-state index in [1.165, 1.54) is 4.90 Å². The smallest absolute Gasteiger partial charge is 0.354 e. The molecule has 3 aliphatic rings. The largest absolute Gasteiger partial charge is 0.463 e. The average molecular weight is 413 g/mol. The summed E-state index contributed by atoms with van der Waals surface area (Å²) in [4.78, 5) is 40.9. The lowest BCUT2D eigenvalue weighted by molar-refractivity contribution is -0.282. The van der Waals surface area contributed by atoms with Crippen molar-refractivity contribution in [2.75, 3.05) is 19.8 Å². The molecular weight excluding hydrogens is 382 g/mol. The molecule has 3 fully saturated rings. The average Bonchev–Trinajstić information content (AvgIpc) is 3.18. The topological polar surface area (TPSA) is 101 Å². The number of nitrogens with zero attached hydrogens (tertiary/aromatic N) is 1. The van der Waals surface area contributed by atoms with Crippen molar-refractivity contribution < 1.29 is 38.1 Å². The van der Waals surface area contributed by atoms with E-state index in [0.717, 1.165) is 0 Å². The first-order chi connectivity index (χ1) is 13.5. The number of piperidine rings is 1. The van der Waals surface area contributed by atoms with Gasteiger partial charge in [0, 0.05) is 13.2 Å². The predicted octanol–water partition coefficient (Wildman–Crippen LogP) is 1.52. The lowest BCUT2D eigenvalue weighted by Crippen LogP contribution is -2.69. The number of rotatable bonds is 7. The third-order valence-corrected chi connectivity index (χ3v) is 5.46. The molecule has 3 aliphatic heterocycles. The second-order valence-corrected chi connectivity index (χ2v) is 8.51. The molecule has 9 nitrogen and oxygen atoms in total. The molecule has 3 rings (SSSR count). The van der Waals surface area contributed by atoms with Gasteiger partial charge in [0.15, 0.2) is 5.72 Å². The number of hydrogen-bond donors (Lipinski definition) is 0. The Labute approximate surface area is 170 Å². The van der Waals surface area contributed by atoms with Gasteiger partial charge in [-0.3, -0.25) is 9.69 Å². The van der Waals surface area contributed by atoms with E-state index in [0.29, 0.717) is 12.8 Å². The minimum absolute atomic E-state index is 0.0635. The molecule has 3 atom stereocenters. The van der Waals surface area contributed by atoms with Crippen molar-refractivity contribution in [3.8, 4) is 0 Å². The van der Waals surface area contributed by atoms with Crippen LogP contribution >= 0.6 is 0 Å². The highest BCUT2D eigenvalue weighted by atomic mass is 16.8.